The van der Waals surface area contributed by atoms with Gasteiger partial charge in [0.2, 0.25) is 5.95 Å². The normalized spacial score (nSPS) is 10.9. The molecule has 0 atom stereocenters. The summed E-state index contributed by atoms with van der Waals surface area (Å²) in [5, 5.41) is 8.10. The lowest BCUT2D eigenvalue weighted by atomic mass is 10.1. The van der Waals surface area contributed by atoms with Crippen LogP contribution in [0.4, 0.5) is 5.95 Å². The first-order valence-electron chi connectivity index (χ1n) is 7.58. The van der Waals surface area contributed by atoms with E-state index in [-0.39, 0.29) is 0 Å². The molecule has 3 heterocycles. The van der Waals surface area contributed by atoms with Crippen LogP contribution >= 0.6 is 0 Å². The molecule has 4 aromatic rings. The fraction of sp³-hybridized carbons (Fsp3) is 0.118. The predicted molar refractivity (Wildman–Crippen MR) is 90.2 cm³/mol. The second-order valence-electron chi connectivity index (χ2n) is 5.13. The van der Waals surface area contributed by atoms with E-state index >= 15 is 0 Å². The number of aromatic nitrogens is 5. The van der Waals surface area contributed by atoms with Crippen LogP contribution in [0.25, 0.3) is 33.6 Å². The molecule has 3 aromatic heterocycles. The molecule has 1 N–H and O–H groups in total. The second kappa shape index (κ2) is 6.04. The molecule has 0 aliphatic carbocycles. The van der Waals surface area contributed by atoms with Gasteiger partial charge in [-0.3, -0.25) is 0 Å². The van der Waals surface area contributed by atoms with Crippen molar-refractivity contribution in [3.8, 4) is 22.7 Å². The van der Waals surface area contributed by atoms with Crippen LogP contribution in [-0.2, 0) is 0 Å². The Morgan fingerprint density at radius 3 is 2.79 bits per heavy atom. The molecule has 0 aliphatic rings. The molecule has 0 spiro atoms. The highest BCUT2D eigenvalue weighted by Crippen LogP contribution is 2.30. The van der Waals surface area contributed by atoms with Crippen molar-refractivity contribution in [2.45, 2.75) is 6.92 Å². The molecule has 4 rings (SSSR count). The Bertz CT molecular complexity index is 983. The summed E-state index contributed by atoms with van der Waals surface area (Å²) >= 11 is 0. The van der Waals surface area contributed by atoms with E-state index in [1.807, 2.05) is 31.2 Å². The fourth-order valence-corrected chi connectivity index (χ4v) is 2.47. The summed E-state index contributed by atoms with van der Waals surface area (Å²) < 4.78 is 5.47. The number of hydrogen-bond acceptors (Lipinski definition) is 7. The number of nitrogens with zero attached hydrogens (tertiary/aromatic N) is 5. The van der Waals surface area contributed by atoms with Gasteiger partial charge in [-0.05, 0) is 31.2 Å². The van der Waals surface area contributed by atoms with Gasteiger partial charge in [-0.25, -0.2) is 19.9 Å². The summed E-state index contributed by atoms with van der Waals surface area (Å²) in [5.41, 5.74) is 3.26. The van der Waals surface area contributed by atoms with Gasteiger partial charge in [-0.15, -0.1) is 0 Å². The van der Waals surface area contributed by atoms with Gasteiger partial charge in [0, 0.05) is 24.5 Å². The third-order valence-electron chi connectivity index (χ3n) is 3.58. The highest BCUT2D eigenvalue weighted by molar-refractivity contribution is 5.93. The third-order valence-corrected chi connectivity index (χ3v) is 3.58. The van der Waals surface area contributed by atoms with Crippen LogP contribution in [0.2, 0.25) is 0 Å². The number of fused-ring (bicyclic) bond motifs is 1. The highest BCUT2D eigenvalue weighted by Gasteiger charge is 2.13. The standard InChI is InChI=1S/C17H14N6O/c1-2-19-17-20-8-6-13(22-17)11-3-4-14-12(9-11)16(24-23-14)15-5-7-18-10-21-15/h3-10H,2H2,1H3,(H,19,20,22). The molecule has 1 aromatic carbocycles. The fourth-order valence-electron chi connectivity index (χ4n) is 2.47. The summed E-state index contributed by atoms with van der Waals surface area (Å²) in [6.45, 7) is 2.78. The van der Waals surface area contributed by atoms with E-state index in [0.29, 0.717) is 17.4 Å². The molecule has 118 valence electrons. The molecule has 0 fully saturated rings. The monoisotopic (exact) mass is 318 g/mol. The van der Waals surface area contributed by atoms with Gasteiger partial charge in [-0.2, -0.15) is 0 Å². The first-order chi connectivity index (χ1) is 11.8. The summed E-state index contributed by atoms with van der Waals surface area (Å²) in [6.07, 6.45) is 4.90. The second-order valence-corrected chi connectivity index (χ2v) is 5.13. The number of anilines is 1. The van der Waals surface area contributed by atoms with E-state index in [1.165, 1.54) is 6.33 Å². The molecule has 7 heteroatoms. The Labute approximate surface area is 137 Å². The van der Waals surface area contributed by atoms with Crippen LogP contribution in [0.1, 0.15) is 6.92 Å². The Hall–Kier alpha value is -3.35. The van der Waals surface area contributed by atoms with Crippen molar-refractivity contribution in [1.29, 1.82) is 0 Å². The van der Waals surface area contributed by atoms with E-state index in [0.717, 1.165) is 28.7 Å². The van der Waals surface area contributed by atoms with Gasteiger partial charge in [0.05, 0.1) is 11.1 Å². The van der Waals surface area contributed by atoms with Crippen LogP contribution < -0.4 is 5.32 Å². The zero-order chi connectivity index (χ0) is 16.4. The average Bonchev–Trinajstić information content (AvgIpc) is 3.06. The molecular formula is C17H14N6O. The van der Waals surface area contributed by atoms with Gasteiger partial charge < -0.3 is 9.84 Å². The maximum atomic E-state index is 5.47. The van der Waals surface area contributed by atoms with Crippen molar-refractivity contribution in [2.24, 2.45) is 0 Å². The van der Waals surface area contributed by atoms with Crippen LogP contribution in [0.15, 0.2) is 53.6 Å². The highest BCUT2D eigenvalue weighted by atomic mass is 16.5. The Kier molecular flexibility index (Phi) is 3.59. The number of hydrogen-bond donors (Lipinski definition) is 1. The van der Waals surface area contributed by atoms with Gasteiger partial charge in [0.25, 0.3) is 0 Å². The van der Waals surface area contributed by atoms with Crippen LogP contribution in [0.5, 0.6) is 0 Å². The number of nitrogens with one attached hydrogen (secondary N) is 1. The van der Waals surface area contributed by atoms with Crippen molar-refractivity contribution in [2.75, 3.05) is 11.9 Å². The molecular weight excluding hydrogens is 304 g/mol. The van der Waals surface area contributed by atoms with Crippen molar-refractivity contribution >= 4 is 16.9 Å². The van der Waals surface area contributed by atoms with E-state index in [9.17, 15) is 0 Å². The molecule has 0 aliphatic heterocycles. The minimum atomic E-state index is 0.608. The van der Waals surface area contributed by atoms with Gasteiger partial charge in [0.1, 0.15) is 17.5 Å². The number of rotatable bonds is 4. The van der Waals surface area contributed by atoms with Crippen LogP contribution in [-0.4, -0.2) is 31.6 Å². The quantitative estimate of drug-likeness (QED) is 0.618. The lowest BCUT2D eigenvalue weighted by Crippen LogP contribution is -2.02. The lowest BCUT2D eigenvalue weighted by Gasteiger charge is -2.04. The summed E-state index contributed by atoms with van der Waals surface area (Å²) in [4.78, 5) is 16.9. The van der Waals surface area contributed by atoms with E-state index < -0.39 is 0 Å². The third kappa shape index (κ3) is 2.56. The summed E-state index contributed by atoms with van der Waals surface area (Å²) in [5.74, 6) is 1.23. The number of benzene rings is 1. The largest absolute Gasteiger partial charge is 0.354 e. The molecule has 24 heavy (non-hydrogen) atoms. The summed E-state index contributed by atoms with van der Waals surface area (Å²) in [7, 11) is 0. The van der Waals surface area contributed by atoms with Gasteiger partial charge >= 0.3 is 0 Å². The lowest BCUT2D eigenvalue weighted by molar-refractivity contribution is 0.439. The first kappa shape index (κ1) is 14.3. The molecule has 7 nitrogen and oxygen atoms in total. The molecule has 0 unspecified atom stereocenters. The van der Waals surface area contributed by atoms with Crippen LogP contribution in [0, 0.1) is 0 Å². The van der Waals surface area contributed by atoms with Crippen LogP contribution in [0.3, 0.4) is 0 Å². The maximum absolute atomic E-state index is 5.47. The molecule has 0 bridgehead atoms. The average molecular weight is 318 g/mol. The van der Waals surface area contributed by atoms with E-state index in [1.54, 1.807) is 18.5 Å². The Morgan fingerprint density at radius 2 is 1.96 bits per heavy atom. The minimum Gasteiger partial charge on any atom is -0.354 e. The Morgan fingerprint density at radius 1 is 1.04 bits per heavy atom. The van der Waals surface area contributed by atoms with Crippen molar-refractivity contribution in [1.82, 2.24) is 25.1 Å². The van der Waals surface area contributed by atoms with Gasteiger partial charge in [-0.1, -0.05) is 11.2 Å². The molecule has 0 amide bonds. The van der Waals surface area contributed by atoms with Crippen molar-refractivity contribution in [3.05, 3.63) is 49.1 Å². The van der Waals surface area contributed by atoms with Crippen molar-refractivity contribution in [3.63, 3.8) is 0 Å². The predicted octanol–water partition coefficient (Wildman–Crippen LogP) is 3.17. The molecule has 0 radical (unpaired) electrons. The smallest absolute Gasteiger partial charge is 0.223 e. The maximum Gasteiger partial charge on any atom is 0.223 e. The van der Waals surface area contributed by atoms with Gasteiger partial charge in [0.15, 0.2) is 5.76 Å². The van der Waals surface area contributed by atoms with Crippen molar-refractivity contribution < 1.29 is 4.52 Å². The zero-order valence-corrected chi connectivity index (χ0v) is 13.0. The molecule has 0 saturated heterocycles. The summed E-state index contributed by atoms with van der Waals surface area (Å²) in [6, 6.07) is 9.54. The van der Waals surface area contributed by atoms with E-state index in [2.05, 4.69) is 30.4 Å². The Balaban J connectivity index is 1.82. The topological polar surface area (TPSA) is 89.6 Å². The molecule has 0 saturated carbocycles. The minimum absolute atomic E-state index is 0.608. The van der Waals surface area contributed by atoms with E-state index in [4.69, 9.17) is 4.52 Å². The SMILES string of the molecule is CCNc1nccc(-c2ccc3noc(-c4ccncn4)c3c2)n1. The first-order valence-corrected chi connectivity index (χ1v) is 7.58. The zero-order valence-electron chi connectivity index (χ0n) is 13.0.